The summed E-state index contributed by atoms with van der Waals surface area (Å²) in [4.78, 5) is 23.6. The van der Waals surface area contributed by atoms with E-state index in [1.54, 1.807) is 14.2 Å². The van der Waals surface area contributed by atoms with Gasteiger partial charge in [0.05, 0.1) is 20.3 Å². The first-order valence-corrected chi connectivity index (χ1v) is 7.97. The lowest BCUT2D eigenvalue weighted by Crippen LogP contribution is -2.43. The zero-order valence-corrected chi connectivity index (χ0v) is 13.5. The second-order valence-electron chi connectivity index (χ2n) is 6.02. The van der Waals surface area contributed by atoms with Gasteiger partial charge in [-0.25, -0.2) is 0 Å². The normalized spacial score (nSPS) is 23.0. The van der Waals surface area contributed by atoms with Crippen LogP contribution in [0.1, 0.15) is 42.9 Å². The van der Waals surface area contributed by atoms with Crippen LogP contribution >= 0.6 is 0 Å². The third-order valence-corrected chi connectivity index (χ3v) is 4.59. The van der Waals surface area contributed by atoms with Crippen molar-refractivity contribution in [3.05, 3.63) is 23.3 Å². The minimum atomic E-state index is -0.409. The second kappa shape index (κ2) is 6.48. The fraction of sp³-hybridized carbons (Fsp3) is 0.529. The topological polar surface area (TPSA) is 76.7 Å². The Bertz CT molecular complexity index is 629. The molecule has 1 aliphatic carbocycles. The van der Waals surface area contributed by atoms with Gasteiger partial charge in [0.25, 0.3) is 0 Å². The van der Waals surface area contributed by atoms with Crippen LogP contribution in [0.15, 0.2) is 12.1 Å². The highest BCUT2D eigenvalue weighted by Gasteiger charge is 2.30. The van der Waals surface area contributed by atoms with Gasteiger partial charge in [-0.05, 0) is 48.9 Å². The van der Waals surface area contributed by atoms with E-state index in [9.17, 15) is 9.59 Å². The van der Waals surface area contributed by atoms with E-state index in [1.807, 2.05) is 12.1 Å². The van der Waals surface area contributed by atoms with Crippen LogP contribution in [0.25, 0.3) is 0 Å². The molecule has 2 aliphatic rings. The third kappa shape index (κ3) is 3.11. The molecule has 23 heavy (non-hydrogen) atoms. The van der Waals surface area contributed by atoms with E-state index in [0.717, 1.165) is 24.8 Å². The maximum Gasteiger partial charge on any atom is 0.243 e. The first-order valence-electron chi connectivity index (χ1n) is 7.97. The second-order valence-corrected chi connectivity index (χ2v) is 6.02. The molecule has 2 amide bonds. The summed E-state index contributed by atoms with van der Waals surface area (Å²) in [6, 6.07) is 3.48. The molecule has 0 spiro atoms. The summed E-state index contributed by atoms with van der Waals surface area (Å²) >= 11 is 0. The molecule has 1 unspecified atom stereocenters. The summed E-state index contributed by atoms with van der Waals surface area (Å²) in [6.45, 7) is 0. The van der Waals surface area contributed by atoms with E-state index in [-0.39, 0.29) is 17.9 Å². The molecule has 0 saturated carbocycles. The number of carbonyl (C=O) groups is 2. The van der Waals surface area contributed by atoms with E-state index in [2.05, 4.69) is 10.6 Å². The fourth-order valence-corrected chi connectivity index (χ4v) is 3.36. The predicted octanol–water partition coefficient (Wildman–Crippen LogP) is 1.48. The van der Waals surface area contributed by atoms with E-state index < -0.39 is 6.04 Å². The zero-order chi connectivity index (χ0) is 16.4. The minimum Gasteiger partial charge on any atom is -0.493 e. The van der Waals surface area contributed by atoms with E-state index in [1.165, 1.54) is 5.56 Å². The maximum absolute atomic E-state index is 12.4. The lowest BCUT2D eigenvalue weighted by atomic mass is 9.87. The summed E-state index contributed by atoms with van der Waals surface area (Å²) in [5.74, 6) is 1.21. The van der Waals surface area contributed by atoms with Crippen LogP contribution in [0.2, 0.25) is 0 Å². The quantitative estimate of drug-likeness (QED) is 0.881. The van der Waals surface area contributed by atoms with E-state index in [4.69, 9.17) is 9.47 Å². The molecule has 1 heterocycles. The van der Waals surface area contributed by atoms with Gasteiger partial charge in [0.1, 0.15) is 6.04 Å². The molecule has 1 fully saturated rings. The SMILES string of the molecule is COc1cc2c(cc1OC)C(NC(=O)[C@@H]1CCC(=O)N1)CCC2. The van der Waals surface area contributed by atoms with Gasteiger partial charge in [-0.1, -0.05) is 0 Å². The molecule has 0 aromatic heterocycles. The van der Waals surface area contributed by atoms with Gasteiger partial charge in [0, 0.05) is 6.42 Å². The predicted molar refractivity (Wildman–Crippen MR) is 84.5 cm³/mol. The Balaban J connectivity index is 1.80. The molecule has 1 aliphatic heterocycles. The average Bonchev–Trinajstić information content (AvgIpc) is 3.00. The molecular formula is C17H22N2O4. The first-order chi connectivity index (χ1) is 11.1. The van der Waals surface area contributed by atoms with Crippen molar-refractivity contribution in [2.45, 2.75) is 44.2 Å². The van der Waals surface area contributed by atoms with Crippen molar-refractivity contribution >= 4 is 11.8 Å². The highest BCUT2D eigenvalue weighted by Crippen LogP contribution is 2.38. The van der Waals surface area contributed by atoms with Crippen LogP contribution < -0.4 is 20.1 Å². The number of methoxy groups -OCH3 is 2. The van der Waals surface area contributed by atoms with Crippen molar-refractivity contribution in [3.8, 4) is 11.5 Å². The number of hydrogen-bond donors (Lipinski definition) is 2. The summed E-state index contributed by atoms with van der Waals surface area (Å²) in [5, 5.41) is 5.79. The standard InChI is InChI=1S/C17H22N2O4/c1-22-14-8-10-4-3-5-12(11(10)9-15(14)23-2)19-17(21)13-6-7-16(20)18-13/h8-9,12-13H,3-7H2,1-2H3,(H,18,20)(H,19,21)/t12?,13-/m0/s1. The van der Waals surface area contributed by atoms with Crippen LogP contribution in [0, 0.1) is 0 Å². The van der Waals surface area contributed by atoms with Gasteiger partial charge in [0.2, 0.25) is 11.8 Å². The number of aryl methyl sites for hydroxylation is 1. The summed E-state index contributed by atoms with van der Waals surface area (Å²) in [6.07, 6.45) is 3.84. The number of rotatable bonds is 4. The molecule has 3 rings (SSSR count). The molecule has 0 bridgehead atoms. The lowest BCUT2D eigenvalue weighted by molar-refractivity contribution is -0.126. The van der Waals surface area contributed by atoms with Crippen molar-refractivity contribution < 1.29 is 19.1 Å². The van der Waals surface area contributed by atoms with Crippen LogP contribution in [-0.2, 0) is 16.0 Å². The Labute approximate surface area is 135 Å². The van der Waals surface area contributed by atoms with Gasteiger partial charge >= 0.3 is 0 Å². The molecule has 0 radical (unpaired) electrons. The van der Waals surface area contributed by atoms with Gasteiger partial charge < -0.3 is 20.1 Å². The molecule has 1 saturated heterocycles. The van der Waals surface area contributed by atoms with Crippen molar-refractivity contribution in [1.29, 1.82) is 0 Å². The number of amides is 2. The Kier molecular flexibility index (Phi) is 4.41. The average molecular weight is 318 g/mol. The largest absolute Gasteiger partial charge is 0.493 e. The Morgan fingerprint density at radius 2 is 1.91 bits per heavy atom. The molecule has 2 N–H and O–H groups in total. The number of benzene rings is 1. The van der Waals surface area contributed by atoms with Crippen LogP contribution in [-0.4, -0.2) is 32.1 Å². The van der Waals surface area contributed by atoms with Crippen LogP contribution in [0.5, 0.6) is 11.5 Å². The van der Waals surface area contributed by atoms with Crippen molar-refractivity contribution in [3.63, 3.8) is 0 Å². The Morgan fingerprint density at radius 1 is 1.17 bits per heavy atom. The highest BCUT2D eigenvalue weighted by atomic mass is 16.5. The summed E-state index contributed by atoms with van der Waals surface area (Å²) in [5.41, 5.74) is 2.25. The number of nitrogens with one attached hydrogen (secondary N) is 2. The zero-order valence-electron chi connectivity index (χ0n) is 13.5. The molecule has 124 valence electrons. The molecule has 6 nitrogen and oxygen atoms in total. The molecule has 6 heteroatoms. The summed E-state index contributed by atoms with van der Waals surface area (Å²) < 4.78 is 10.7. The lowest BCUT2D eigenvalue weighted by Gasteiger charge is -2.28. The maximum atomic E-state index is 12.4. The van der Waals surface area contributed by atoms with Crippen molar-refractivity contribution in [2.75, 3.05) is 14.2 Å². The Hall–Kier alpha value is -2.24. The number of carbonyl (C=O) groups excluding carboxylic acids is 2. The van der Waals surface area contributed by atoms with Gasteiger partial charge in [-0.3, -0.25) is 9.59 Å². The van der Waals surface area contributed by atoms with Gasteiger partial charge in [-0.15, -0.1) is 0 Å². The molecule has 2 atom stereocenters. The van der Waals surface area contributed by atoms with E-state index in [0.29, 0.717) is 24.3 Å². The molecular weight excluding hydrogens is 296 g/mol. The number of ether oxygens (including phenoxy) is 2. The summed E-state index contributed by atoms with van der Waals surface area (Å²) in [7, 11) is 3.23. The van der Waals surface area contributed by atoms with Gasteiger partial charge in [-0.2, -0.15) is 0 Å². The Morgan fingerprint density at radius 3 is 2.57 bits per heavy atom. The number of hydrogen-bond acceptors (Lipinski definition) is 4. The molecule has 1 aromatic carbocycles. The monoisotopic (exact) mass is 318 g/mol. The van der Waals surface area contributed by atoms with Crippen LogP contribution in [0.4, 0.5) is 0 Å². The minimum absolute atomic E-state index is 0.0523. The van der Waals surface area contributed by atoms with Crippen LogP contribution in [0.3, 0.4) is 0 Å². The highest BCUT2D eigenvalue weighted by molar-refractivity contribution is 5.91. The van der Waals surface area contributed by atoms with Gasteiger partial charge in [0.15, 0.2) is 11.5 Å². The fourth-order valence-electron chi connectivity index (χ4n) is 3.36. The van der Waals surface area contributed by atoms with Crippen molar-refractivity contribution in [1.82, 2.24) is 10.6 Å². The third-order valence-electron chi connectivity index (χ3n) is 4.59. The number of fused-ring (bicyclic) bond motifs is 1. The van der Waals surface area contributed by atoms with E-state index >= 15 is 0 Å². The van der Waals surface area contributed by atoms with Crippen molar-refractivity contribution in [2.24, 2.45) is 0 Å². The smallest absolute Gasteiger partial charge is 0.243 e. The first kappa shape index (κ1) is 15.6. The molecule has 1 aromatic rings.